The number of rotatable bonds is 4. The number of hydrogen-bond acceptors (Lipinski definition) is 3. The van der Waals surface area contributed by atoms with Crippen molar-refractivity contribution in [3.05, 3.63) is 74.8 Å². The summed E-state index contributed by atoms with van der Waals surface area (Å²) in [7, 11) is 1.78. The summed E-state index contributed by atoms with van der Waals surface area (Å²) in [6.07, 6.45) is 0. The Bertz CT molecular complexity index is 1070. The summed E-state index contributed by atoms with van der Waals surface area (Å²) in [4.78, 5) is 30.1. The van der Waals surface area contributed by atoms with Gasteiger partial charge in [-0.3, -0.25) is 14.2 Å². The predicted octanol–water partition coefficient (Wildman–Crippen LogP) is 3.91. The Balaban J connectivity index is 1.99. The molecule has 5 nitrogen and oxygen atoms in total. The number of amides is 1. The number of carbonyl (C=O) groups excluding carboxylic acids is 1. The molecule has 1 atom stereocenters. The van der Waals surface area contributed by atoms with Crippen LogP contribution in [0.4, 0.5) is 0 Å². The largest absolute Gasteiger partial charge is 0.335 e. The van der Waals surface area contributed by atoms with Crippen molar-refractivity contribution < 1.29 is 4.79 Å². The summed E-state index contributed by atoms with van der Waals surface area (Å²) in [6.45, 7) is 4.36. The lowest BCUT2D eigenvalue weighted by atomic mass is 10.1. The van der Waals surface area contributed by atoms with Crippen molar-refractivity contribution in [3.8, 4) is 0 Å². The molecule has 26 heavy (non-hydrogen) atoms. The molecule has 1 N–H and O–H groups in total. The first-order valence-corrected chi connectivity index (χ1v) is 8.93. The van der Waals surface area contributed by atoms with Crippen LogP contribution in [0.1, 0.15) is 35.8 Å². The Labute approximate surface area is 156 Å². The molecule has 1 heterocycles. The number of nitrogens with zero attached hydrogens (tertiary/aromatic N) is 2. The molecular weight excluding hydrogens is 346 g/mol. The van der Waals surface area contributed by atoms with Crippen LogP contribution in [-0.4, -0.2) is 27.4 Å². The fourth-order valence-electron chi connectivity index (χ4n) is 3.01. The lowest BCUT2D eigenvalue weighted by Crippen LogP contribution is -2.29. The van der Waals surface area contributed by atoms with E-state index in [0.717, 1.165) is 5.56 Å². The van der Waals surface area contributed by atoms with Gasteiger partial charge in [-0.25, -0.2) is 0 Å². The van der Waals surface area contributed by atoms with Crippen molar-refractivity contribution in [3.63, 3.8) is 0 Å². The highest BCUT2D eigenvalue weighted by Gasteiger charge is 2.19. The topological polar surface area (TPSA) is 58.1 Å². The van der Waals surface area contributed by atoms with Gasteiger partial charge in [-0.1, -0.05) is 30.3 Å². The fourth-order valence-corrected chi connectivity index (χ4v) is 3.33. The number of aromatic amines is 1. The second kappa shape index (κ2) is 7.25. The van der Waals surface area contributed by atoms with Crippen LogP contribution in [-0.2, 0) is 6.54 Å². The van der Waals surface area contributed by atoms with E-state index in [2.05, 4.69) is 4.98 Å². The monoisotopic (exact) mass is 367 g/mol. The highest BCUT2D eigenvalue weighted by molar-refractivity contribution is 7.71. The molecule has 0 radical (unpaired) electrons. The Kier molecular flexibility index (Phi) is 5.04. The minimum Gasteiger partial charge on any atom is -0.335 e. The first-order valence-electron chi connectivity index (χ1n) is 8.53. The van der Waals surface area contributed by atoms with Crippen molar-refractivity contribution in [1.29, 1.82) is 0 Å². The lowest BCUT2D eigenvalue weighted by molar-refractivity contribution is 0.0743. The van der Waals surface area contributed by atoms with Gasteiger partial charge in [0.05, 0.1) is 16.9 Å². The summed E-state index contributed by atoms with van der Waals surface area (Å²) < 4.78 is 1.86. The molecule has 134 valence electrons. The standard InChI is InChI=1S/C20H21N3O2S/c1-4-23-19(25)16-11-10-15(12-17(16)21-20(23)26)18(24)22(3)13(2)14-8-6-5-7-9-14/h5-13H,4H2,1-3H3,(H,21,26)/t13-/m0/s1. The van der Waals surface area contributed by atoms with Gasteiger partial charge < -0.3 is 9.88 Å². The maximum Gasteiger partial charge on any atom is 0.262 e. The Hall–Kier alpha value is -2.73. The third-order valence-corrected chi connectivity index (χ3v) is 5.05. The number of nitrogens with one attached hydrogen (secondary N) is 1. The summed E-state index contributed by atoms with van der Waals surface area (Å²) in [6, 6.07) is 14.9. The predicted molar refractivity (Wildman–Crippen MR) is 106 cm³/mol. The van der Waals surface area contributed by atoms with Gasteiger partial charge in [-0.15, -0.1) is 0 Å². The molecule has 2 aromatic carbocycles. The van der Waals surface area contributed by atoms with E-state index in [1.165, 1.54) is 4.57 Å². The number of carbonyl (C=O) groups is 1. The van der Waals surface area contributed by atoms with E-state index in [1.807, 2.05) is 44.2 Å². The van der Waals surface area contributed by atoms with Gasteiger partial charge >= 0.3 is 0 Å². The van der Waals surface area contributed by atoms with E-state index in [9.17, 15) is 9.59 Å². The van der Waals surface area contributed by atoms with Crippen molar-refractivity contribution >= 4 is 29.0 Å². The van der Waals surface area contributed by atoms with Crippen LogP contribution in [0.25, 0.3) is 10.9 Å². The number of aromatic nitrogens is 2. The normalized spacial score (nSPS) is 12.1. The maximum absolute atomic E-state index is 12.9. The Morgan fingerprint density at radius 2 is 1.92 bits per heavy atom. The summed E-state index contributed by atoms with van der Waals surface area (Å²) in [5.74, 6) is -0.109. The summed E-state index contributed by atoms with van der Waals surface area (Å²) in [5.41, 5.74) is 2.02. The quantitative estimate of drug-likeness (QED) is 0.711. The molecule has 3 aromatic rings. The molecule has 0 saturated heterocycles. The molecule has 1 amide bonds. The summed E-state index contributed by atoms with van der Waals surface area (Å²) >= 11 is 5.24. The number of hydrogen-bond donors (Lipinski definition) is 1. The molecular formula is C20H21N3O2S. The number of benzene rings is 2. The van der Waals surface area contributed by atoms with Crippen LogP contribution in [0.2, 0.25) is 0 Å². The highest BCUT2D eigenvalue weighted by Crippen LogP contribution is 2.21. The molecule has 0 fully saturated rings. The lowest BCUT2D eigenvalue weighted by Gasteiger charge is -2.25. The molecule has 1 aromatic heterocycles. The van der Waals surface area contributed by atoms with Crippen LogP contribution < -0.4 is 5.56 Å². The van der Waals surface area contributed by atoms with Crippen LogP contribution in [0, 0.1) is 4.77 Å². The molecule has 0 spiro atoms. The Morgan fingerprint density at radius 3 is 2.58 bits per heavy atom. The number of fused-ring (bicyclic) bond motifs is 1. The van der Waals surface area contributed by atoms with E-state index in [1.54, 1.807) is 30.1 Å². The zero-order chi connectivity index (χ0) is 18.8. The van der Waals surface area contributed by atoms with Gasteiger partial charge in [0.2, 0.25) is 0 Å². The molecule has 3 rings (SSSR count). The summed E-state index contributed by atoms with van der Waals surface area (Å²) in [5, 5.41) is 0.524. The second-order valence-electron chi connectivity index (χ2n) is 6.24. The SMILES string of the molecule is CCn1c(=S)[nH]c2cc(C(=O)N(C)[C@@H](C)c3ccccc3)ccc2c1=O. The van der Waals surface area contributed by atoms with E-state index < -0.39 is 0 Å². The minimum absolute atomic E-state index is 0.0639. The third-order valence-electron chi connectivity index (χ3n) is 4.73. The van der Waals surface area contributed by atoms with Gasteiger partial charge in [0, 0.05) is 19.2 Å². The smallest absolute Gasteiger partial charge is 0.262 e. The molecule has 0 aliphatic carbocycles. The second-order valence-corrected chi connectivity index (χ2v) is 6.63. The maximum atomic E-state index is 12.9. The molecule has 0 bridgehead atoms. The van der Waals surface area contributed by atoms with Crippen molar-refractivity contribution in [2.24, 2.45) is 0 Å². The molecule has 0 aliphatic heterocycles. The first-order chi connectivity index (χ1) is 12.4. The van der Waals surface area contributed by atoms with Crippen LogP contribution in [0.3, 0.4) is 0 Å². The average molecular weight is 367 g/mol. The van der Waals surface area contributed by atoms with Crippen LogP contribution in [0.5, 0.6) is 0 Å². The van der Waals surface area contributed by atoms with Crippen LogP contribution >= 0.6 is 12.2 Å². The zero-order valence-electron chi connectivity index (χ0n) is 15.0. The van der Waals surface area contributed by atoms with Crippen molar-refractivity contribution in [2.45, 2.75) is 26.4 Å². The van der Waals surface area contributed by atoms with Gasteiger partial charge in [0.25, 0.3) is 11.5 Å². The Morgan fingerprint density at radius 1 is 1.23 bits per heavy atom. The number of H-pyrrole nitrogens is 1. The first kappa shape index (κ1) is 18.1. The van der Waals surface area contributed by atoms with E-state index in [0.29, 0.717) is 27.8 Å². The van der Waals surface area contributed by atoms with Gasteiger partial charge in [-0.05, 0) is 49.8 Å². The van der Waals surface area contributed by atoms with Crippen molar-refractivity contribution in [2.75, 3.05) is 7.05 Å². The minimum atomic E-state index is -0.142. The average Bonchev–Trinajstić information content (AvgIpc) is 2.66. The van der Waals surface area contributed by atoms with Gasteiger partial charge in [0.1, 0.15) is 0 Å². The van der Waals surface area contributed by atoms with Gasteiger partial charge in [0.15, 0.2) is 4.77 Å². The molecule has 6 heteroatoms. The van der Waals surface area contributed by atoms with E-state index in [4.69, 9.17) is 12.2 Å². The highest BCUT2D eigenvalue weighted by atomic mass is 32.1. The van der Waals surface area contributed by atoms with Crippen LogP contribution in [0.15, 0.2) is 53.3 Å². The third kappa shape index (κ3) is 3.20. The van der Waals surface area contributed by atoms with Crippen molar-refractivity contribution in [1.82, 2.24) is 14.5 Å². The van der Waals surface area contributed by atoms with Gasteiger partial charge in [-0.2, -0.15) is 0 Å². The fraction of sp³-hybridized carbons (Fsp3) is 0.250. The van der Waals surface area contributed by atoms with E-state index >= 15 is 0 Å². The molecule has 0 unspecified atom stereocenters. The zero-order valence-corrected chi connectivity index (χ0v) is 15.8. The molecule has 0 aliphatic rings. The van der Waals surface area contributed by atoms with E-state index in [-0.39, 0.29) is 17.5 Å². The molecule has 0 saturated carbocycles.